The predicted octanol–water partition coefficient (Wildman–Crippen LogP) is 5.44. The average molecular weight is 383 g/mol. The number of rotatable bonds is 4. The van der Waals surface area contributed by atoms with E-state index >= 15 is 0 Å². The Morgan fingerprint density at radius 2 is 2.00 bits per heavy atom. The maximum absolute atomic E-state index is 5.93. The van der Waals surface area contributed by atoms with Crippen molar-refractivity contribution in [3.05, 3.63) is 27.7 Å². The highest BCUT2D eigenvalue weighted by atomic mass is 79.9. The first kappa shape index (κ1) is 13.7. The van der Waals surface area contributed by atoms with Gasteiger partial charge in [0.05, 0.1) is 11.1 Å². The van der Waals surface area contributed by atoms with Crippen LogP contribution in [-0.2, 0) is 0 Å². The maximum Gasteiger partial charge on any atom is 0.133 e. The van der Waals surface area contributed by atoms with E-state index in [1.807, 2.05) is 18.2 Å². The van der Waals surface area contributed by atoms with Gasteiger partial charge in [0.15, 0.2) is 0 Å². The van der Waals surface area contributed by atoms with Gasteiger partial charge in [0, 0.05) is 15.8 Å². The van der Waals surface area contributed by atoms with Crippen LogP contribution < -0.4 is 4.74 Å². The summed E-state index contributed by atoms with van der Waals surface area (Å²) in [6.07, 6.45) is 5.14. The summed E-state index contributed by atoms with van der Waals surface area (Å²) in [6.45, 7) is 0.776. The van der Waals surface area contributed by atoms with E-state index in [4.69, 9.17) is 16.3 Å². The highest BCUT2D eigenvalue weighted by Crippen LogP contribution is 2.40. The molecule has 0 atom stereocenters. The molecule has 0 aromatic heterocycles. The van der Waals surface area contributed by atoms with Crippen LogP contribution in [0.25, 0.3) is 0 Å². The molecule has 2 rings (SSSR count). The van der Waals surface area contributed by atoms with Crippen LogP contribution in [0.15, 0.2) is 22.7 Å². The van der Waals surface area contributed by atoms with E-state index < -0.39 is 0 Å². The van der Waals surface area contributed by atoms with E-state index in [9.17, 15) is 0 Å². The third kappa shape index (κ3) is 3.39. The molecule has 1 aromatic rings. The van der Waals surface area contributed by atoms with Gasteiger partial charge in [0.25, 0.3) is 0 Å². The molecule has 1 aliphatic carbocycles. The maximum atomic E-state index is 5.93. The number of ether oxygens (including phenoxy) is 1. The summed E-state index contributed by atoms with van der Waals surface area (Å²) in [5, 5.41) is 1.74. The van der Waals surface area contributed by atoms with Gasteiger partial charge in [-0.05, 0) is 47.0 Å². The molecule has 0 N–H and O–H groups in total. The van der Waals surface area contributed by atoms with Crippen molar-refractivity contribution in [3.63, 3.8) is 0 Å². The van der Waals surface area contributed by atoms with Crippen molar-refractivity contribution in [2.45, 2.75) is 25.7 Å². The van der Waals surface area contributed by atoms with Crippen molar-refractivity contribution >= 4 is 43.5 Å². The molecular formula is C13H15Br2ClO. The van der Waals surface area contributed by atoms with Crippen molar-refractivity contribution < 1.29 is 4.74 Å². The molecule has 0 spiro atoms. The summed E-state index contributed by atoms with van der Waals surface area (Å²) in [7, 11) is 0. The van der Waals surface area contributed by atoms with Crippen LogP contribution in [0.3, 0.4) is 0 Å². The molecule has 0 saturated heterocycles. The van der Waals surface area contributed by atoms with E-state index in [-0.39, 0.29) is 0 Å². The quantitative estimate of drug-likeness (QED) is 0.631. The van der Waals surface area contributed by atoms with Gasteiger partial charge in [-0.15, -0.1) is 0 Å². The van der Waals surface area contributed by atoms with Crippen molar-refractivity contribution in [2.75, 3.05) is 11.9 Å². The Balaban J connectivity index is 2.01. The van der Waals surface area contributed by atoms with Gasteiger partial charge in [-0.2, -0.15) is 0 Å². The summed E-state index contributed by atoms with van der Waals surface area (Å²) in [5.74, 6) is 0.877. The number of halogens is 3. The van der Waals surface area contributed by atoms with Gasteiger partial charge in [-0.3, -0.25) is 0 Å². The fourth-order valence-electron chi connectivity index (χ4n) is 2.26. The van der Waals surface area contributed by atoms with Crippen molar-refractivity contribution in [2.24, 2.45) is 5.41 Å². The summed E-state index contributed by atoms with van der Waals surface area (Å²) in [6, 6.07) is 5.65. The Hall–Kier alpha value is 0.270. The molecule has 1 saturated carbocycles. The number of alkyl halides is 1. The van der Waals surface area contributed by atoms with E-state index in [2.05, 4.69) is 31.9 Å². The second-order valence-electron chi connectivity index (χ2n) is 4.70. The van der Waals surface area contributed by atoms with Crippen LogP contribution in [0, 0.1) is 5.41 Å². The van der Waals surface area contributed by atoms with Crippen molar-refractivity contribution in [1.29, 1.82) is 0 Å². The predicted molar refractivity (Wildman–Crippen MR) is 79.3 cm³/mol. The fourth-order valence-corrected chi connectivity index (χ4v) is 3.78. The number of hydrogen-bond donors (Lipinski definition) is 0. The zero-order chi connectivity index (χ0) is 12.3. The van der Waals surface area contributed by atoms with Crippen LogP contribution >= 0.6 is 43.5 Å². The highest BCUT2D eigenvalue weighted by molar-refractivity contribution is 9.10. The zero-order valence-corrected chi connectivity index (χ0v) is 13.4. The number of hydrogen-bond acceptors (Lipinski definition) is 1. The second-order valence-corrected chi connectivity index (χ2v) is 6.56. The van der Waals surface area contributed by atoms with Gasteiger partial charge in [0.1, 0.15) is 5.75 Å². The molecule has 1 aromatic carbocycles. The molecule has 4 heteroatoms. The molecule has 0 bridgehead atoms. The van der Waals surface area contributed by atoms with Crippen LogP contribution in [0.4, 0.5) is 0 Å². The van der Waals surface area contributed by atoms with Gasteiger partial charge in [-0.25, -0.2) is 0 Å². The summed E-state index contributed by atoms with van der Waals surface area (Å²) < 4.78 is 6.86. The van der Waals surface area contributed by atoms with Crippen molar-refractivity contribution in [1.82, 2.24) is 0 Å². The highest BCUT2D eigenvalue weighted by Gasteiger charge is 2.33. The number of benzene rings is 1. The summed E-state index contributed by atoms with van der Waals surface area (Å²) >= 11 is 13.0. The Labute approximate surface area is 124 Å². The zero-order valence-electron chi connectivity index (χ0n) is 9.52. The van der Waals surface area contributed by atoms with Crippen LogP contribution in [-0.4, -0.2) is 11.9 Å². The first-order chi connectivity index (χ1) is 8.15. The van der Waals surface area contributed by atoms with Gasteiger partial charge < -0.3 is 4.74 Å². The Morgan fingerprint density at radius 3 is 2.59 bits per heavy atom. The third-order valence-corrected chi connectivity index (χ3v) is 5.42. The molecule has 0 amide bonds. The average Bonchev–Trinajstić information content (AvgIpc) is 2.77. The molecule has 17 heavy (non-hydrogen) atoms. The monoisotopic (exact) mass is 380 g/mol. The first-order valence-corrected chi connectivity index (χ1v) is 8.08. The lowest BCUT2D eigenvalue weighted by atomic mass is 9.90. The largest absolute Gasteiger partial charge is 0.492 e. The Kier molecular flexibility index (Phi) is 4.79. The topological polar surface area (TPSA) is 9.23 Å². The molecule has 0 aliphatic heterocycles. The minimum absolute atomic E-state index is 0.319. The summed E-state index contributed by atoms with van der Waals surface area (Å²) in [5.41, 5.74) is 0.319. The van der Waals surface area contributed by atoms with Gasteiger partial charge in [0.2, 0.25) is 0 Å². The summed E-state index contributed by atoms with van der Waals surface area (Å²) in [4.78, 5) is 0. The normalized spacial score (nSPS) is 18.3. The molecule has 0 unspecified atom stereocenters. The molecule has 1 nitrogen and oxygen atoms in total. The Bertz CT molecular complexity index is 389. The van der Waals surface area contributed by atoms with E-state index in [0.717, 1.165) is 27.2 Å². The minimum atomic E-state index is 0.319. The lowest BCUT2D eigenvalue weighted by Gasteiger charge is -2.26. The van der Waals surface area contributed by atoms with Gasteiger partial charge in [-0.1, -0.05) is 40.4 Å². The van der Waals surface area contributed by atoms with E-state index in [1.165, 1.54) is 25.7 Å². The van der Waals surface area contributed by atoms with Crippen LogP contribution in [0.5, 0.6) is 5.75 Å². The smallest absolute Gasteiger partial charge is 0.133 e. The van der Waals surface area contributed by atoms with Crippen molar-refractivity contribution in [3.8, 4) is 5.75 Å². The first-order valence-electron chi connectivity index (χ1n) is 5.79. The molecule has 1 aliphatic rings. The Morgan fingerprint density at radius 1 is 1.29 bits per heavy atom. The SMILES string of the molecule is Clc1ccc(OCC2(CBr)CCCC2)c(Br)c1. The standard InChI is InChI=1S/C13H15Br2ClO/c14-8-13(5-1-2-6-13)9-17-12-4-3-10(16)7-11(12)15/h3-4,7H,1-2,5-6,8-9H2. The molecule has 94 valence electrons. The molecular weight excluding hydrogens is 367 g/mol. The third-order valence-electron chi connectivity index (χ3n) is 3.38. The van der Waals surface area contributed by atoms with E-state index in [1.54, 1.807) is 0 Å². The molecule has 1 fully saturated rings. The minimum Gasteiger partial charge on any atom is -0.492 e. The lowest BCUT2D eigenvalue weighted by Crippen LogP contribution is -2.27. The second kappa shape index (κ2) is 5.94. The van der Waals surface area contributed by atoms with Crippen LogP contribution in [0.2, 0.25) is 5.02 Å². The lowest BCUT2D eigenvalue weighted by molar-refractivity contribution is 0.173. The molecule has 0 radical (unpaired) electrons. The fraction of sp³-hybridized carbons (Fsp3) is 0.538. The van der Waals surface area contributed by atoms with Crippen LogP contribution in [0.1, 0.15) is 25.7 Å². The van der Waals surface area contributed by atoms with E-state index in [0.29, 0.717) is 5.41 Å². The molecule has 0 heterocycles. The van der Waals surface area contributed by atoms with Gasteiger partial charge >= 0.3 is 0 Å².